The first-order chi connectivity index (χ1) is 17.4. The lowest BCUT2D eigenvalue weighted by Gasteiger charge is -2.43. The Hall–Kier alpha value is -3.72. The van der Waals surface area contributed by atoms with E-state index >= 15 is 0 Å². The first kappa shape index (κ1) is 22.7. The summed E-state index contributed by atoms with van der Waals surface area (Å²) in [5, 5.41) is 19.7. The number of nitrogens with zero attached hydrogens (tertiary/aromatic N) is 6. The van der Waals surface area contributed by atoms with Gasteiger partial charge in [0.05, 0.1) is 16.6 Å². The van der Waals surface area contributed by atoms with E-state index in [1.807, 2.05) is 38.4 Å². The summed E-state index contributed by atoms with van der Waals surface area (Å²) in [6.45, 7) is 6.29. The number of aromatic hydroxyl groups is 1. The van der Waals surface area contributed by atoms with Gasteiger partial charge >= 0.3 is 0 Å². The molecule has 9 heteroatoms. The number of phenols is 1. The number of likely N-dealkylation sites (tertiary alicyclic amines) is 1. The van der Waals surface area contributed by atoms with Crippen LogP contribution in [0.3, 0.4) is 0 Å². The van der Waals surface area contributed by atoms with Crippen LogP contribution in [0.2, 0.25) is 0 Å². The summed E-state index contributed by atoms with van der Waals surface area (Å²) in [5.41, 5.74) is 3.93. The van der Waals surface area contributed by atoms with Crippen molar-refractivity contribution in [2.45, 2.75) is 32.2 Å². The number of rotatable bonds is 4. The molecule has 2 fully saturated rings. The highest BCUT2D eigenvalue weighted by Gasteiger charge is 2.28. The fourth-order valence-corrected chi connectivity index (χ4v) is 5.53. The molecule has 0 radical (unpaired) electrons. The Morgan fingerprint density at radius 2 is 1.89 bits per heavy atom. The number of phenolic OH excluding ortho intramolecular Hbond substituents is 1. The van der Waals surface area contributed by atoms with Gasteiger partial charge in [-0.25, -0.2) is 9.97 Å². The molecule has 2 aromatic carbocycles. The molecule has 2 saturated heterocycles. The monoisotopic (exact) mass is 485 g/mol. The van der Waals surface area contributed by atoms with Crippen LogP contribution >= 0.6 is 0 Å². The number of fused-ring (bicyclic) bond motifs is 2. The van der Waals surface area contributed by atoms with Crippen LogP contribution in [0.25, 0.3) is 33.2 Å². The van der Waals surface area contributed by atoms with Gasteiger partial charge in [0.25, 0.3) is 5.91 Å². The van der Waals surface area contributed by atoms with Crippen molar-refractivity contribution in [1.82, 2.24) is 30.0 Å². The van der Waals surface area contributed by atoms with Crippen LogP contribution in [0.15, 0.2) is 30.5 Å². The van der Waals surface area contributed by atoms with Crippen LogP contribution in [0.1, 0.15) is 35.3 Å². The van der Waals surface area contributed by atoms with Gasteiger partial charge in [0.1, 0.15) is 11.4 Å². The fourth-order valence-electron chi connectivity index (χ4n) is 5.53. The third-order valence-corrected chi connectivity index (χ3v) is 7.72. The van der Waals surface area contributed by atoms with Gasteiger partial charge in [-0.15, -0.1) is 0 Å². The van der Waals surface area contributed by atoms with Crippen LogP contribution in [-0.4, -0.2) is 74.9 Å². The lowest BCUT2D eigenvalue weighted by atomic mass is 9.99. The summed E-state index contributed by atoms with van der Waals surface area (Å²) < 4.78 is 1.71. The summed E-state index contributed by atoms with van der Waals surface area (Å²) >= 11 is 0. The van der Waals surface area contributed by atoms with Crippen molar-refractivity contribution in [2.24, 2.45) is 7.05 Å². The minimum atomic E-state index is -0.282. The molecule has 0 spiro atoms. The van der Waals surface area contributed by atoms with E-state index in [2.05, 4.69) is 31.3 Å². The van der Waals surface area contributed by atoms with E-state index in [1.165, 1.54) is 19.5 Å². The Kier molecular flexibility index (Phi) is 5.52. The molecule has 2 aromatic heterocycles. The molecule has 0 atom stereocenters. The number of benzene rings is 2. The maximum atomic E-state index is 12.9. The van der Waals surface area contributed by atoms with Crippen LogP contribution in [0.4, 0.5) is 5.69 Å². The molecule has 6 rings (SSSR count). The molecule has 2 aliphatic heterocycles. The average Bonchev–Trinajstić information content (AvgIpc) is 3.24. The van der Waals surface area contributed by atoms with E-state index in [4.69, 9.17) is 4.98 Å². The van der Waals surface area contributed by atoms with Crippen LogP contribution in [-0.2, 0) is 7.05 Å². The van der Waals surface area contributed by atoms with Crippen molar-refractivity contribution in [1.29, 1.82) is 0 Å². The van der Waals surface area contributed by atoms with Crippen molar-refractivity contribution < 1.29 is 9.90 Å². The summed E-state index contributed by atoms with van der Waals surface area (Å²) in [5.74, 6) is 0.108. The lowest BCUT2D eigenvalue weighted by Crippen LogP contribution is -2.50. The second-order valence-electron chi connectivity index (χ2n) is 9.92. The first-order valence-corrected chi connectivity index (χ1v) is 12.6. The highest BCUT2D eigenvalue weighted by molar-refractivity contribution is 6.06. The molecular formula is C27H31N7O2. The van der Waals surface area contributed by atoms with Crippen molar-refractivity contribution >= 4 is 33.4 Å². The number of carbonyl (C=O) groups excluding carboxylic acids is 1. The Balaban J connectivity index is 1.40. The lowest BCUT2D eigenvalue weighted by molar-refractivity contribution is 0.0960. The van der Waals surface area contributed by atoms with E-state index in [-0.39, 0.29) is 11.7 Å². The molecule has 1 amide bonds. The normalized spacial score (nSPS) is 17.0. The third-order valence-electron chi connectivity index (χ3n) is 7.72. The van der Waals surface area contributed by atoms with Gasteiger partial charge in [0.2, 0.25) is 0 Å². The summed E-state index contributed by atoms with van der Waals surface area (Å²) in [6, 6.07) is 8.58. The number of hydrogen-bond donors (Lipinski definition) is 2. The van der Waals surface area contributed by atoms with Gasteiger partial charge in [-0.1, -0.05) is 0 Å². The molecule has 0 unspecified atom stereocenters. The molecule has 0 saturated carbocycles. The van der Waals surface area contributed by atoms with Gasteiger partial charge in [-0.05, 0) is 63.5 Å². The van der Waals surface area contributed by atoms with Gasteiger partial charge in [0, 0.05) is 61.4 Å². The number of aryl methyl sites for hydroxylation is 2. The highest BCUT2D eigenvalue weighted by atomic mass is 16.3. The predicted octanol–water partition coefficient (Wildman–Crippen LogP) is 3.23. The molecule has 9 nitrogen and oxygen atoms in total. The van der Waals surface area contributed by atoms with Gasteiger partial charge in [-0.2, -0.15) is 5.10 Å². The number of carbonyl (C=O) groups is 1. The molecule has 0 bridgehead atoms. The van der Waals surface area contributed by atoms with Gasteiger partial charge < -0.3 is 20.2 Å². The van der Waals surface area contributed by atoms with Gasteiger partial charge in [-0.3, -0.25) is 9.48 Å². The van der Waals surface area contributed by atoms with E-state index in [0.717, 1.165) is 42.5 Å². The Bertz CT molecular complexity index is 1480. The molecular weight excluding hydrogens is 454 g/mol. The standard InChI is InChI=1S/C27H31N7O2/c1-16-23-17(15-32(3)31-23)13-21(25(16)35)26-29-22-6-5-19(14-20(22)24(30-26)27(36)28-2)34-11-7-18(8-12-34)33-9-4-10-33/h5-6,13-15,18,35H,4,7-12H2,1-3H3,(H,28,36). The zero-order valence-corrected chi connectivity index (χ0v) is 21.0. The average molecular weight is 486 g/mol. The van der Waals surface area contributed by atoms with Crippen LogP contribution < -0.4 is 10.2 Å². The Morgan fingerprint density at radius 3 is 2.58 bits per heavy atom. The Labute approximate surface area is 209 Å². The SMILES string of the molecule is CNC(=O)c1nc(-c2cc3cn(C)nc3c(C)c2O)nc2ccc(N3CCC(N4CCC4)CC3)cc12. The summed E-state index contributed by atoms with van der Waals surface area (Å²) in [7, 11) is 3.45. The molecule has 36 heavy (non-hydrogen) atoms. The number of amides is 1. The van der Waals surface area contributed by atoms with Crippen LogP contribution in [0.5, 0.6) is 5.75 Å². The van der Waals surface area contributed by atoms with E-state index in [9.17, 15) is 9.90 Å². The van der Waals surface area contributed by atoms with Crippen LogP contribution in [0, 0.1) is 6.92 Å². The number of nitrogens with one attached hydrogen (secondary N) is 1. The van der Waals surface area contributed by atoms with Crippen molar-refractivity contribution in [3.63, 3.8) is 0 Å². The van der Waals surface area contributed by atoms with Crippen molar-refractivity contribution in [3.8, 4) is 17.1 Å². The zero-order valence-electron chi connectivity index (χ0n) is 21.0. The number of hydrogen-bond acceptors (Lipinski definition) is 7. The van der Waals surface area contributed by atoms with E-state index in [1.54, 1.807) is 11.7 Å². The topological polar surface area (TPSA) is 99.4 Å². The molecule has 186 valence electrons. The number of anilines is 1. The fraction of sp³-hybridized carbons (Fsp3) is 0.407. The molecule has 2 aliphatic rings. The molecule has 4 heterocycles. The zero-order chi connectivity index (χ0) is 25.0. The Morgan fingerprint density at radius 1 is 1.11 bits per heavy atom. The first-order valence-electron chi connectivity index (χ1n) is 12.6. The third kappa shape index (κ3) is 3.74. The number of piperidine rings is 1. The molecule has 4 aromatic rings. The highest BCUT2D eigenvalue weighted by Crippen LogP contribution is 2.37. The minimum Gasteiger partial charge on any atom is -0.507 e. The number of aromatic nitrogens is 4. The quantitative estimate of drug-likeness (QED) is 0.458. The second-order valence-corrected chi connectivity index (χ2v) is 9.92. The van der Waals surface area contributed by atoms with Gasteiger partial charge in [0.15, 0.2) is 5.82 Å². The summed E-state index contributed by atoms with van der Waals surface area (Å²) in [4.78, 5) is 27.4. The minimum absolute atomic E-state index is 0.0742. The van der Waals surface area contributed by atoms with Crippen molar-refractivity contribution in [2.75, 3.05) is 38.1 Å². The smallest absolute Gasteiger partial charge is 0.270 e. The van der Waals surface area contributed by atoms with Crippen molar-refractivity contribution in [3.05, 3.63) is 41.7 Å². The second kappa shape index (κ2) is 8.74. The van der Waals surface area contributed by atoms with E-state index in [0.29, 0.717) is 39.6 Å². The largest absolute Gasteiger partial charge is 0.507 e. The van der Waals surface area contributed by atoms with E-state index < -0.39 is 0 Å². The predicted molar refractivity (Wildman–Crippen MR) is 140 cm³/mol. The maximum Gasteiger partial charge on any atom is 0.270 e. The summed E-state index contributed by atoms with van der Waals surface area (Å²) in [6.07, 6.45) is 5.53. The maximum absolute atomic E-state index is 12.9. The molecule has 2 N–H and O–H groups in total. The molecule has 0 aliphatic carbocycles.